The molecule has 2 rings (SSSR count). The predicted molar refractivity (Wildman–Crippen MR) is 131 cm³/mol. The molecule has 1 unspecified atom stereocenters. The van der Waals surface area contributed by atoms with E-state index in [-0.39, 0.29) is 17.8 Å². The zero-order valence-corrected chi connectivity index (χ0v) is 20.7. The molecule has 180 valence electrons. The van der Waals surface area contributed by atoms with Gasteiger partial charge in [0.25, 0.3) is 0 Å². The van der Waals surface area contributed by atoms with Crippen LogP contribution in [0.5, 0.6) is 0 Å². The summed E-state index contributed by atoms with van der Waals surface area (Å²) in [5.41, 5.74) is 1.79. The molecule has 0 radical (unpaired) electrons. The maximum atomic E-state index is 10.8. The Bertz CT molecular complexity index is 743. The Hall–Kier alpha value is -1.36. The number of carboxylic acid groups (broad SMARTS) is 1. The van der Waals surface area contributed by atoms with Gasteiger partial charge >= 0.3 is 5.97 Å². The minimum atomic E-state index is -0.772. The number of unbranched alkanes of at least 4 members (excludes halogenated alkanes) is 3. The standard InChI is InChI=1S/C27H41ClO4/c1-4-5-8-11-23(30)26(2,3)21-15-13-20(14-16-21)25-22(29)17-19-27(25,28)18-10-7-6-9-12-24(31)32/h7,10,13-16,22-23,25,29-30H,4-6,8-9,11-12,17-19H2,1-3H3,(H,31,32)/t22-,23?,25+,27+/m1/s1. The molecule has 0 amide bonds. The highest BCUT2D eigenvalue weighted by molar-refractivity contribution is 6.25. The van der Waals surface area contributed by atoms with Crippen molar-refractivity contribution in [2.75, 3.05) is 0 Å². The Morgan fingerprint density at radius 3 is 2.53 bits per heavy atom. The molecule has 32 heavy (non-hydrogen) atoms. The molecule has 0 aliphatic heterocycles. The van der Waals surface area contributed by atoms with Gasteiger partial charge in [-0.25, -0.2) is 0 Å². The topological polar surface area (TPSA) is 77.8 Å². The van der Waals surface area contributed by atoms with Gasteiger partial charge in [0.05, 0.1) is 17.1 Å². The molecule has 1 saturated carbocycles. The highest BCUT2D eigenvalue weighted by atomic mass is 35.5. The molecule has 0 heterocycles. The van der Waals surface area contributed by atoms with Crippen molar-refractivity contribution in [3.63, 3.8) is 0 Å². The van der Waals surface area contributed by atoms with Crippen molar-refractivity contribution < 1.29 is 20.1 Å². The molecule has 0 bridgehead atoms. The van der Waals surface area contributed by atoms with Crippen molar-refractivity contribution in [2.45, 2.75) is 113 Å². The molecule has 1 fully saturated rings. The van der Waals surface area contributed by atoms with Crippen molar-refractivity contribution in [1.82, 2.24) is 0 Å². The van der Waals surface area contributed by atoms with E-state index in [2.05, 4.69) is 45.0 Å². The molecular weight excluding hydrogens is 424 g/mol. The highest BCUT2D eigenvalue weighted by Gasteiger charge is 2.46. The lowest BCUT2D eigenvalue weighted by Gasteiger charge is -2.33. The maximum Gasteiger partial charge on any atom is 0.303 e. The average molecular weight is 465 g/mol. The first-order valence-electron chi connectivity index (χ1n) is 12.1. The molecule has 0 saturated heterocycles. The number of aliphatic carboxylic acids is 1. The van der Waals surface area contributed by atoms with Crippen LogP contribution in [-0.4, -0.2) is 38.4 Å². The first-order chi connectivity index (χ1) is 15.1. The number of aliphatic hydroxyl groups excluding tert-OH is 2. The summed E-state index contributed by atoms with van der Waals surface area (Å²) in [5, 5.41) is 30.2. The van der Waals surface area contributed by atoms with Crippen LogP contribution in [0.2, 0.25) is 0 Å². The Balaban J connectivity index is 2.06. The van der Waals surface area contributed by atoms with Gasteiger partial charge in [-0.05, 0) is 49.7 Å². The van der Waals surface area contributed by atoms with Crippen LogP contribution >= 0.6 is 11.6 Å². The van der Waals surface area contributed by atoms with E-state index in [4.69, 9.17) is 16.7 Å². The lowest BCUT2D eigenvalue weighted by Crippen LogP contribution is -2.34. The Morgan fingerprint density at radius 1 is 1.22 bits per heavy atom. The van der Waals surface area contributed by atoms with Gasteiger partial charge in [0.2, 0.25) is 0 Å². The fraction of sp³-hybridized carbons (Fsp3) is 0.667. The lowest BCUT2D eigenvalue weighted by molar-refractivity contribution is -0.137. The quantitative estimate of drug-likeness (QED) is 0.181. The van der Waals surface area contributed by atoms with Gasteiger partial charge < -0.3 is 15.3 Å². The maximum absolute atomic E-state index is 10.8. The van der Waals surface area contributed by atoms with Crippen molar-refractivity contribution in [3.05, 3.63) is 47.5 Å². The molecule has 0 aromatic heterocycles. The molecule has 1 aromatic rings. The second-order valence-electron chi connectivity index (χ2n) is 9.94. The molecule has 4 atom stereocenters. The van der Waals surface area contributed by atoms with Gasteiger partial charge in [-0.1, -0.05) is 76.5 Å². The number of carboxylic acids is 1. The van der Waals surface area contributed by atoms with Crippen LogP contribution in [-0.2, 0) is 10.2 Å². The molecule has 5 heteroatoms. The predicted octanol–water partition coefficient (Wildman–Crippen LogP) is 6.32. The molecule has 1 aliphatic rings. The second kappa shape index (κ2) is 12.2. The van der Waals surface area contributed by atoms with Gasteiger partial charge in [-0.15, -0.1) is 11.6 Å². The summed E-state index contributed by atoms with van der Waals surface area (Å²) in [6, 6.07) is 8.26. The minimum Gasteiger partial charge on any atom is -0.481 e. The normalized spacial score (nSPS) is 24.8. The van der Waals surface area contributed by atoms with Crippen molar-refractivity contribution in [1.29, 1.82) is 0 Å². The number of carbonyl (C=O) groups is 1. The number of aliphatic hydroxyl groups is 2. The monoisotopic (exact) mass is 464 g/mol. The molecule has 4 nitrogen and oxygen atoms in total. The smallest absolute Gasteiger partial charge is 0.303 e. The summed E-state index contributed by atoms with van der Waals surface area (Å²) in [7, 11) is 0. The zero-order valence-electron chi connectivity index (χ0n) is 19.9. The zero-order chi connectivity index (χ0) is 23.8. The van der Waals surface area contributed by atoms with Crippen molar-refractivity contribution in [3.8, 4) is 0 Å². The van der Waals surface area contributed by atoms with E-state index in [0.717, 1.165) is 49.7 Å². The summed E-state index contributed by atoms with van der Waals surface area (Å²) in [5.74, 6) is -0.925. The highest BCUT2D eigenvalue weighted by Crippen LogP contribution is 2.50. The number of hydrogen-bond donors (Lipinski definition) is 3. The number of halogens is 1. The van der Waals surface area contributed by atoms with E-state index < -0.39 is 23.1 Å². The molecule has 3 N–H and O–H groups in total. The Kier molecular flexibility index (Phi) is 10.3. The van der Waals surface area contributed by atoms with Gasteiger partial charge in [0.1, 0.15) is 0 Å². The van der Waals surface area contributed by atoms with E-state index in [1.54, 1.807) is 0 Å². The van der Waals surface area contributed by atoms with Crippen LogP contribution in [0, 0.1) is 0 Å². The van der Waals surface area contributed by atoms with Crippen LogP contribution in [0.4, 0.5) is 0 Å². The van der Waals surface area contributed by atoms with E-state index in [1.165, 1.54) is 0 Å². The molecule has 0 spiro atoms. The fourth-order valence-corrected chi connectivity index (χ4v) is 5.30. The number of benzene rings is 1. The van der Waals surface area contributed by atoms with E-state index in [0.29, 0.717) is 19.3 Å². The van der Waals surface area contributed by atoms with Crippen LogP contribution < -0.4 is 0 Å². The van der Waals surface area contributed by atoms with Crippen molar-refractivity contribution in [2.24, 2.45) is 0 Å². The van der Waals surface area contributed by atoms with Gasteiger partial charge in [-0.3, -0.25) is 4.79 Å². The van der Waals surface area contributed by atoms with Crippen LogP contribution in [0.25, 0.3) is 0 Å². The molecule has 1 aromatic carbocycles. The molecule has 1 aliphatic carbocycles. The van der Waals surface area contributed by atoms with Crippen LogP contribution in [0.3, 0.4) is 0 Å². The fourth-order valence-electron chi connectivity index (χ4n) is 4.83. The van der Waals surface area contributed by atoms with E-state index >= 15 is 0 Å². The summed E-state index contributed by atoms with van der Waals surface area (Å²) in [6.45, 7) is 6.34. The number of rotatable bonds is 13. The van der Waals surface area contributed by atoms with E-state index in [1.807, 2.05) is 12.2 Å². The van der Waals surface area contributed by atoms with Gasteiger partial charge in [-0.2, -0.15) is 0 Å². The first kappa shape index (κ1) is 26.9. The first-order valence-corrected chi connectivity index (χ1v) is 12.5. The second-order valence-corrected chi connectivity index (χ2v) is 10.7. The van der Waals surface area contributed by atoms with Gasteiger partial charge in [0, 0.05) is 17.8 Å². The third-order valence-corrected chi connectivity index (χ3v) is 7.69. The van der Waals surface area contributed by atoms with Crippen LogP contribution in [0.15, 0.2) is 36.4 Å². The average Bonchev–Trinajstić information content (AvgIpc) is 3.05. The van der Waals surface area contributed by atoms with E-state index in [9.17, 15) is 15.0 Å². The summed E-state index contributed by atoms with van der Waals surface area (Å²) in [4.78, 5) is 10.1. The SMILES string of the molecule is CCCCCC(O)C(C)(C)c1ccc([C@H]2[C@H](O)CC[C@@]2(Cl)CC=CCCCC(=O)O)cc1. The Morgan fingerprint density at radius 2 is 1.91 bits per heavy atom. The summed E-state index contributed by atoms with van der Waals surface area (Å²) in [6.07, 6.45) is 10.8. The third-order valence-electron chi connectivity index (χ3n) is 7.11. The number of hydrogen-bond acceptors (Lipinski definition) is 3. The molecular formula is C27H41ClO4. The Labute approximate surface area is 198 Å². The van der Waals surface area contributed by atoms with Crippen molar-refractivity contribution >= 4 is 17.6 Å². The summed E-state index contributed by atoms with van der Waals surface area (Å²) < 4.78 is 0. The number of alkyl halides is 1. The third kappa shape index (κ3) is 7.07. The van der Waals surface area contributed by atoms with Crippen LogP contribution in [0.1, 0.15) is 102 Å². The summed E-state index contributed by atoms with van der Waals surface area (Å²) >= 11 is 7.04. The minimum absolute atomic E-state index is 0.153. The van der Waals surface area contributed by atoms with Gasteiger partial charge in [0.15, 0.2) is 0 Å². The lowest BCUT2D eigenvalue weighted by atomic mass is 9.76. The number of allylic oxidation sites excluding steroid dienone is 2. The largest absolute Gasteiger partial charge is 0.481 e.